The molecule has 0 spiro atoms. The summed E-state index contributed by atoms with van der Waals surface area (Å²) in [5.74, 6) is -1.81. The highest BCUT2D eigenvalue weighted by Crippen LogP contribution is 2.34. The summed E-state index contributed by atoms with van der Waals surface area (Å²) >= 11 is 0. The molecule has 0 atom stereocenters. The smallest absolute Gasteiger partial charge is 0.165 e. The van der Waals surface area contributed by atoms with Gasteiger partial charge in [0.1, 0.15) is 6.29 Å². The summed E-state index contributed by atoms with van der Waals surface area (Å²) in [6, 6.07) is 19.1. The zero-order valence-corrected chi connectivity index (χ0v) is 18.6. The SMILES string of the molecule is CC(C)c1c(C(=O)CCc2ccc(F)c(F)c2)c2ccc(C=O)cc2n1Cc1ccccc1. The number of ketones is 1. The molecule has 0 aliphatic carbocycles. The largest absolute Gasteiger partial charge is 0.339 e. The predicted octanol–water partition coefficient (Wildman–Crippen LogP) is 6.72. The second kappa shape index (κ2) is 9.49. The second-order valence-corrected chi connectivity index (χ2v) is 8.55. The molecule has 0 aliphatic rings. The fraction of sp³-hybridized carbons (Fsp3) is 0.214. The summed E-state index contributed by atoms with van der Waals surface area (Å²) < 4.78 is 29.0. The molecule has 0 radical (unpaired) electrons. The Morgan fingerprint density at radius 2 is 1.70 bits per heavy atom. The lowest BCUT2D eigenvalue weighted by Crippen LogP contribution is -2.11. The van der Waals surface area contributed by atoms with Gasteiger partial charge in [-0.15, -0.1) is 0 Å². The zero-order valence-electron chi connectivity index (χ0n) is 18.6. The zero-order chi connectivity index (χ0) is 23.5. The Bertz CT molecular complexity index is 1320. The van der Waals surface area contributed by atoms with Crippen molar-refractivity contribution < 1.29 is 18.4 Å². The standard InChI is InChI=1S/C28H25F2NO2/c1-18(2)28-27(26(33)13-10-19-9-12-23(29)24(30)14-19)22-11-8-21(17-32)15-25(22)31(28)16-20-6-4-3-5-7-20/h3-9,11-12,14-15,17-18H,10,13,16H2,1-2H3. The van der Waals surface area contributed by atoms with Gasteiger partial charge in [0.2, 0.25) is 0 Å². The molecule has 33 heavy (non-hydrogen) atoms. The van der Waals surface area contributed by atoms with E-state index in [-0.39, 0.29) is 18.1 Å². The van der Waals surface area contributed by atoms with Gasteiger partial charge in [-0.05, 0) is 41.7 Å². The summed E-state index contributed by atoms with van der Waals surface area (Å²) in [6.07, 6.45) is 1.29. The first-order valence-corrected chi connectivity index (χ1v) is 11.0. The molecule has 0 unspecified atom stereocenters. The van der Waals surface area contributed by atoms with Gasteiger partial charge >= 0.3 is 0 Å². The number of rotatable bonds is 8. The molecule has 1 heterocycles. The fourth-order valence-electron chi connectivity index (χ4n) is 4.37. The summed E-state index contributed by atoms with van der Waals surface area (Å²) in [6.45, 7) is 4.66. The van der Waals surface area contributed by atoms with Crippen LogP contribution < -0.4 is 0 Å². The van der Waals surface area contributed by atoms with E-state index in [0.717, 1.165) is 40.6 Å². The van der Waals surface area contributed by atoms with Crippen LogP contribution in [0.1, 0.15) is 63.7 Å². The fourth-order valence-corrected chi connectivity index (χ4v) is 4.37. The summed E-state index contributed by atoms with van der Waals surface area (Å²) in [5, 5.41) is 0.801. The quantitative estimate of drug-likeness (QED) is 0.223. The van der Waals surface area contributed by atoms with E-state index in [4.69, 9.17) is 0 Å². The summed E-state index contributed by atoms with van der Waals surface area (Å²) in [7, 11) is 0. The minimum atomic E-state index is -0.913. The van der Waals surface area contributed by atoms with E-state index in [2.05, 4.69) is 4.57 Å². The average Bonchev–Trinajstić information content (AvgIpc) is 3.14. The molecular formula is C28H25F2NO2. The predicted molar refractivity (Wildman–Crippen MR) is 126 cm³/mol. The van der Waals surface area contributed by atoms with Gasteiger partial charge in [-0.1, -0.05) is 62.4 Å². The molecule has 3 aromatic carbocycles. The van der Waals surface area contributed by atoms with Crippen molar-refractivity contribution >= 4 is 23.0 Å². The van der Waals surface area contributed by atoms with Crippen LogP contribution in [-0.4, -0.2) is 16.6 Å². The lowest BCUT2D eigenvalue weighted by atomic mass is 9.96. The lowest BCUT2D eigenvalue weighted by Gasteiger charge is -2.15. The van der Waals surface area contributed by atoms with E-state index in [0.29, 0.717) is 29.7 Å². The van der Waals surface area contributed by atoms with Crippen molar-refractivity contribution in [2.75, 3.05) is 0 Å². The number of halogens is 2. The lowest BCUT2D eigenvalue weighted by molar-refractivity contribution is 0.0982. The molecule has 168 valence electrons. The van der Waals surface area contributed by atoms with Crippen LogP contribution in [0.5, 0.6) is 0 Å². The molecule has 0 saturated carbocycles. The maximum atomic E-state index is 13.6. The minimum Gasteiger partial charge on any atom is -0.339 e. The number of hydrogen-bond acceptors (Lipinski definition) is 2. The van der Waals surface area contributed by atoms with E-state index in [9.17, 15) is 18.4 Å². The van der Waals surface area contributed by atoms with Gasteiger partial charge in [-0.3, -0.25) is 9.59 Å². The number of fused-ring (bicyclic) bond motifs is 1. The van der Waals surface area contributed by atoms with Crippen molar-refractivity contribution in [2.45, 2.75) is 39.2 Å². The molecule has 1 aromatic heterocycles. The average molecular weight is 446 g/mol. The van der Waals surface area contributed by atoms with E-state index in [1.807, 2.05) is 56.3 Å². The Labute approximate surface area is 191 Å². The van der Waals surface area contributed by atoms with Crippen LogP contribution in [0.4, 0.5) is 8.78 Å². The van der Waals surface area contributed by atoms with Crippen LogP contribution in [0.3, 0.4) is 0 Å². The Morgan fingerprint density at radius 3 is 2.36 bits per heavy atom. The van der Waals surface area contributed by atoms with Crippen molar-refractivity contribution in [3.63, 3.8) is 0 Å². The van der Waals surface area contributed by atoms with Crippen LogP contribution in [0.2, 0.25) is 0 Å². The van der Waals surface area contributed by atoms with Crippen molar-refractivity contribution in [1.82, 2.24) is 4.57 Å². The van der Waals surface area contributed by atoms with E-state index >= 15 is 0 Å². The number of benzene rings is 3. The highest BCUT2D eigenvalue weighted by atomic mass is 19.2. The number of Topliss-reactive ketones (excluding diaryl/α,β-unsaturated/α-hetero) is 1. The third kappa shape index (κ3) is 4.63. The molecule has 0 aliphatic heterocycles. The van der Waals surface area contributed by atoms with Crippen molar-refractivity contribution in [3.05, 3.63) is 106 Å². The molecule has 0 fully saturated rings. The van der Waals surface area contributed by atoms with Gasteiger partial charge in [0, 0.05) is 35.2 Å². The van der Waals surface area contributed by atoms with Gasteiger partial charge in [-0.2, -0.15) is 0 Å². The molecule has 0 saturated heterocycles. The van der Waals surface area contributed by atoms with Crippen LogP contribution >= 0.6 is 0 Å². The molecule has 5 heteroatoms. The van der Waals surface area contributed by atoms with E-state index in [1.165, 1.54) is 6.07 Å². The van der Waals surface area contributed by atoms with Crippen LogP contribution in [-0.2, 0) is 13.0 Å². The topological polar surface area (TPSA) is 39.1 Å². The third-order valence-electron chi connectivity index (χ3n) is 5.90. The molecule has 4 rings (SSSR count). The number of carbonyl (C=O) groups excluding carboxylic acids is 2. The third-order valence-corrected chi connectivity index (χ3v) is 5.90. The Morgan fingerprint density at radius 1 is 0.939 bits per heavy atom. The first-order valence-electron chi connectivity index (χ1n) is 11.0. The van der Waals surface area contributed by atoms with Gasteiger partial charge in [-0.25, -0.2) is 8.78 Å². The number of carbonyl (C=O) groups is 2. The number of hydrogen-bond donors (Lipinski definition) is 0. The van der Waals surface area contributed by atoms with Crippen molar-refractivity contribution in [1.29, 1.82) is 0 Å². The minimum absolute atomic E-state index is 0.0564. The van der Waals surface area contributed by atoms with Crippen molar-refractivity contribution in [3.8, 4) is 0 Å². The Kier molecular flexibility index (Phi) is 6.50. The highest BCUT2D eigenvalue weighted by Gasteiger charge is 2.24. The van der Waals surface area contributed by atoms with Crippen LogP contribution in [0.25, 0.3) is 10.9 Å². The monoisotopic (exact) mass is 445 g/mol. The second-order valence-electron chi connectivity index (χ2n) is 8.55. The van der Waals surface area contributed by atoms with E-state index < -0.39 is 11.6 Å². The van der Waals surface area contributed by atoms with Gasteiger partial charge in [0.15, 0.2) is 17.4 Å². The Hall–Kier alpha value is -3.60. The molecule has 4 aromatic rings. The number of aldehydes is 1. The van der Waals surface area contributed by atoms with Crippen LogP contribution in [0.15, 0.2) is 66.7 Å². The Balaban J connectivity index is 1.79. The molecule has 3 nitrogen and oxygen atoms in total. The highest BCUT2D eigenvalue weighted by molar-refractivity contribution is 6.10. The molecule has 0 amide bonds. The summed E-state index contributed by atoms with van der Waals surface area (Å²) in [5.41, 5.74) is 4.59. The van der Waals surface area contributed by atoms with Gasteiger partial charge in [0.05, 0.1) is 5.52 Å². The number of nitrogens with zero attached hydrogens (tertiary/aromatic N) is 1. The first-order chi connectivity index (χ1) is 15.9. The maximum absolute atomic E-state index is 13.6. The van der Waals surface area contributed by atoms with Crippen LogP contribution in [0, 0.1) is 11.6 Å². The molecule has 0 N–H and O–H groups in total. The normalized spacial score (nSPS) is 11.3. The molecular weight excluding hydrogens is 420 g/mol. The summed E-state index contributed by atoms with van der Waals surface area (Å²) in [4.78, 5) is 24.9. The van der Waals surface area contributed by atoms with Crippen molar-refractivity contribution in [2.24, 2.45) is 0 Å². The number of aromatic nitrogens is 1. The molecule has 0 bridgehead atoms. The number of aryl methyl sites for hydroxylation is 1. The van der Waals surface area contributed by atoms with E-state index in [1.54, 1.807) is 6.07 Å². The van der Waals surface area contributed by atoms with Gasteiger partial charge < -0.3 is 4.57 Å². The van der Waals surface area contributed by atoms with Gasteiger partial charge in [0.25, 0.3) is 0 Å². The maximum Gasteiger partial charge on any atom is 0.165 e. The first kappa shape index (κ1) is 22.6.